The molecule has 0 aromatic rings. The number of allylic oxidation sites excluding steroid dienone is 1. The fourth-order valence-electron chi connectivity index (χ4n) is 3.23. The highest BCUT2D eigenvalue weighted by Crippen LogP contribution is 2.44. The maximum atomic E-state index is 11.6. The number of ether oxygens (including phenoxy) is 2. The molecule has 0 spiro atoms. The monoisotopic (exact) mass is 254 g/mol. The first-order valence-corrected chi connectivity index (χ1v) is 6.86. The number of hydrogen-bond donors (Lipinski definition) is 0. The van der Waals surface area contributed by atoms with E-state index in [1.807, 2.05) is 19.1 Å². The number of rotatable bonds is 3. The van der Waals surface area contributed by atoms with Crippen molar-refractivity contribution >= 4 is 6.16 Å². The second kappa shape index (κ2) is 6.26. The molecule has 0 aromatic heterocycles. The Morgan fingerprint density at radius 3 is 2.56 bits per heavy atom. The van der Waals surface area contributed by atoms with Gasteiger partial charge < -0.3 is 9.47 Å². The van der Waals surface area contributed by atoms with Crippen molar-refractivity contribution in [3.8, 4) is 0 Å². The van der Waals surface area contributed by atoms with Crippen LogP contribution in [0.25, 0.3) is 0 Å². The molecule has 0 heterocycles. The third-order valence-electron chi connectivity index (χ3n) is 3.96. The number of carbonyl (C=O) groups excluding carboxylic acids is 1. The van der Waals surface area contributed by atoms with Crippen LogP contribution in [0.1, 0.15) is 47.0 Å². The molecule has 0 aromatic carbocycles. The quantitative estimate of drug-likeness (QED) is 0.560. The van der Waals surface area contributed by atoms with E-state index >= 15 is 0 Å². The summed E-state index contributed by atoms with van der Waals surface area (Å²) in [6.45, 7) is 8.58. The fourth-order valence-corrected chi connectivity index (χ4v) is 3.23. The van der Waals surface area contributed by atoms with E-state index < -0.39 is 11.8 Å². The third-order valence-corrected chi connectivity index (χ3v) is 3.96. The molecule has 0 aliphatic heterocycles. The third kappa shape index (κ3) is 3.27. The summed E-state index contributed by atoms with van der Waals surface area (Å²) < 4.78 is 10.4. The van der Waals surface area contributed by atoms with Gasteiger partial charge in [0.05, 0.1) is 7.11 Å². The van der Waals surface area contributed by atoms with Crippen molar-refractivity contribution in [2.75, 3.05) is 7.11 Å². The molecule has 1 aliphatic rings. The standard InChI is InChI=1S/C15H26O3/c1-6-9-15(18-14(16)17-5)10-12(4)7-8-13(15)11(2)3/h6,9,11-13H,7-8,10H2,1-5H3/b9-6+/t12-,13+,15+/m0/s1. The molecule has 1 fully saturated rings. The summed E-state index contributed by atoms with van der Waals surface area (Å²) >= 11 is 0. The molecule has 3 atom stereocenters. The van der Waals surface area contributed by atoms with Gasteiger partial charge in [-0.15, -0.1) is 0 Å². The molecule has 0 bridgehead atoms. The zero-order chi connectivity index (χ0) is 13.8. The van der Waals surface area contributed by atoms with E-state index in [1.54, 1.807) is 0 Å². The predicted molar refractivity (Wildman–Crippen MR) is 72.4 cm³/mol. The van der Waals surface area contributed by atoms with Gasteiger partial charge in [0.15, 0.2) is 0 Å². The van der Waals surface area contributed by atoms with Gasteiger partial charge in [-0.3, -0.25) is 0 Å². The molecule has 1 saturated carbocycles. The molecular formula is C15H26O3. The maximum Gasteiger partial charge on any atom is 0.508 e. The van der Waals surface area contributed by atoms with E-state index in [1.165, 1.54) is 13.5 Å². The molecule has 0 unspecified atom stereocenters. The molecule has 0 radical (unpaired) electrons. The van der Waals surface area contributed by atoms with Crippen LogP contribution in [0.3, 0.4) is 0 Å². The molecule has 0 N–H and O–H groups in total. The average Bonchev–Trinajstić information content (AvgIpc) is 2.28. The summed E-state index contributed by atoms with van der Waals surface area (Å²) in [5.74, 6) is 1.42. The lowest BCUT2D eigenvalue weighted by molar-refractivity contribution is -0.0752. The van der Waals surface area contributed by atoms with Gasteiger partial charge in [0.2, 0.25) is 0 Å². The van der Waals surface area contributed by atoms with Gasteiger partial charge in [-0.25, -0.2) is 4.79 Å². The number of methoxy groups -OCH3 is 1. The lowest BCUT2D eigenvalue weighted by Crippen LogP contribution is -2.47. The predicted octanol–water partition coefficient (Wildman–Crippen LogP) is 4.18. The molecule has 0 saturated heterocycles. The molecule has 1 aliphatic carbocycles. The topological polar surface area (TPSA) is 35.5 Å². The normalized spacial score (nSPS) is 32.8. The Kier molecular flexibility index (Phi) is 5.24. The van der Waals surface area contributed by atoms with Crippen molar-refractivity contribution < 1.29 is 14.3 Å². The lowest BCUT2D eigenvalue weighted by Gasteiger charge is -2.45. The van der Waals surface area contributed by atoms with Crippen LogP contribution in [-0.4, -0.2) is 18.9 Å². The zero-order valence-corrected chi connectivity index (χ0v) is 12.2. The average molecular weight is 254 g/mol. The maximum absolute atomic E-state index is 11.6. The van der Waals surface area contributed by atoms with Crippen molar-refractivity contribution in [3.63, 3.8) is 0 Å². The van der Waals surface area contributed by atoms with Crippen molar-refractivity contribution in [2.24, 2.45) is 17.8 Å². The first-order chi connectivity index (χ1) is 8.45. The Morgan fingerprint density at radius 2 is 2.06 bits per heavy atom. The fraction of sp³-hybridized carbons (Fsp3) is 0.800. The molecule has 104 valence electrons. The Labute approximate surface area is 111 Å². The van der Waals surface area contributed by atoms with Crippen LogP contribution in [0, 0.1) is 17.8 Å². The summed E-state index contributed by atoms with van der Waals surface area (Å²) in [5.41, 5.74) is -0.492. The van der Waals surface area contributed by atoms with E-state index in [2.05, 4.69) is 20.8 Å². The van der Waals surface area contributed by atoms with Crippen LogP contribution in [0.15, 0.2) is 12.2 Å². The minimum absolute atomic E-state index is 0.365. The van der Waals surface area contributed by atoms with Crippen LogP contribution in [0.4, 0.5) is 4.79 Å². The highest BCUT2D eigenvalue weighted by Gasteiger charge is 2.45. The van der Waals surface area contributed by atoms with Gasteiger partial charge in [-0.05, 0) is 37.7 Å². The van der Waals surface area contributed by atoms with Gasteiger partial charge in [0, 0.05) is 5.92 Å². The van der Waals surface area contributed by atoms with Crippen molar-refractivity contribution in [1.82, 2.24) is 0 Å². The van der Waals surface area contributed by atoms with Gasteiger partial charge >= 0.3 is 6.16 Å². The molecule has 3 nitrogen and oxygen atoms in total. The van der Waals surface area contributed by atoms with Crippen LogP contribution in [0.5, 0.6) is 0 Å². The molecule has 3 heteroatoms. The largest absolute Gasteiger partial charge is 0.508 e. The van der Waals surface area contributed by atoms with E-state index in [4.69, 9.17) is 9.47 Å². The molecule has 1 rings (SSSR count). The first kappa shape index (κ1) is 15.1. The first-order valence-electron chi connectivity index (χ1n) is 6.86. The number of hydrogen-bond acceptors (Lipinski definition) is 3. The SMILES string of the molecule is C/C=C/[C@@]1(OC(=O)OC)C[C@@H](C)CC[C@@H]1C(C)C. The van der Waals surface area contributed by atoms with E-state index in [9.17, 15) is 4.79 Å². The van der Waals surface area contributed by atoms with E-state index in [-0.39, 0.29) is 0 Å². The Hall–Kier alpha value is -0.990. The highest BCUT2D eigenvalue weighted by molar-refractivity contribution is 5.60. The van der Waals surface area contributed by atoms with E-state index in [0.717, 1.165) is 12.8 Å². The zero-order valence-electron chi connectivity index (χ0n) is 12.2. The second-order valence-electron chi connectivity index (χ2n) is 5.75. The van der Waals surface area contributed by atoms with Crippen LogP contribution in [-0.2, 0) is 9.47 Å². The second-order valence-corrected chi connectivity index (χ2v) is 5.75. The Bertz CT molecular complexity index is 309. The van der Waals surface area contributed by atoms with Crippen LogP contribution >= 0.6 is 0 Å². The highest BCUT2D eigenvalue weighted by atomic mass is 16.7. The van der Waals surface area contributed by atoms with Crippen LogP contribution in [0.2, 0.25) is 0 Å². The smallest absolute Gasteiger partial charge is 0.438 e. The minimum Gasteiger partial charge on any atom is -0.438 e. The van der Waals surface area contributed by atoms with Gasteiger partial charge in [-0.2, -0.15) is 0 Å². The molecule has 0 amide bonds. The van der Waals surface area contributed by atoms with Crippen molar-refractivity contribution in [1.29, 1.82) is 0 Å². The lowest BCUT2D eigenvalue weighted by atomic mass is 9.66. The summed E-state index contributed by atoms with van der Waals surface area (Å²) in [7, 11) is 1.36. The molecule has 18 heavy (non-hydrogen) atoms. The van der Waals surface area contributed by atoms with E-state index in [0.29, 0.717) is 17.8 Å². The molecular weight excluding hydrogens is 228 g/mol. The van der Waals surface area contributed by atoms with Gasteiger partial charge in [0.1, 0.15) is 5.60 Å². The summed E-state index contributed by atoms with van der Waals surface area (Å²) in [6.07, 6.45) is 6.63. The van der Waals surface area contributed by atoms with Crippen molar-refractivity contribution in [2.45, 2.75) is 52.6 Å². The van der Waals surface area contributed by atoms with Crippen molar-refractivity contribution in [3.05, 3.63) is 12.2 Å². The summed E-state index contributed by atoms with van der Waals surface area (Å²) in [5, 5.41) is 0. The van der Waals surface area contributed by atoms with Gasteiger partial charge in [-0.1, -0.05) is 33.3 Å². The van der Waals surface area contributed by atoms with Gasteiger partial charge in [0.25, 0.3) is 0 Å². The Balaban J connectivity index is 3.04. The van der Waals surface area contributed by atoms with Crippen LogP contribution < -0.4 is 0 Å². The minimum atomic E-state index is -0.576. The number of carbonyl (C=O) groups is 1. The summed E-state index contributed by atoms with van der Waals surface area (Å²) in [6, 6.07) is 0. The summed E-state index contributed by atoms with van der Waals surface area (Å²) in [4.78, 5) is 11.6. The Morgan fingerprint density at radius 1 is 1.39 bits per heavy atom.